The van der Waals surface area contributed by atoms with E-state index in [1.165, 1.54) is 0 Å². The second-order valence-electron chi connectivity index (χ2n) is 6.13. The van der Waals surface area contributed by atoms with Gasteiger partial charge in [0, 0.05) is 18.4 Å². The number of nitrogens with zero attached hydrogens (tertiary/aromatic N) is 2. The Hall–Kier alpha value is -2.63. The Morgan fingerprint density at radius 3 is 2.17 bits per heavy atom. The number of anilines is 1. The minimum absolute atomic E-state index is 0.224. The molecule has 0 spiro atoms. The summed E-state index contributed by atoms with van der Waals surface area (Å²) in [6, 6.07) is 6.84. The lowest BCUT2D eigenvalue weighted by molar-refractivity contribution is -0.142. The van der Waals surface area contributed by atoms with E-state index < -0.39 is 11.4 Å². The summed E-state index contributed by atoms with van der Waals surface area (Å²) in [5, 5.41) is 16.3. The molecule has 0 bridgehead atoms. The van der Waals surface area contributed by atoms with Crippen LogP contribution in [-0.4, -0.2) is 26.8 Å². The predicted molar refractivity (Wildman–Crippen MR) is 87.7 cm³/mol. The first-order valence-electron chi connectivity index (χ1n) is 7.30. The van der Waals surface area contributed by atoms with Crippen molar-refractivity contribution >= 4 is 17.6 Å². The van der Waals surface area contributed by atoms with Crippen molar-refractivity contribution in [3.05, 3.63) is 46.8 Å². The molecule has 2 N–H and O–H groups in total. The van der Waals surface area contributed by atoms with E-state index in [4.69, 9.17) is 0 Å². The molecule has 0 aliphatic carbocycles. The lowest BCUT2D eigenvalue weighted by Crippen LogP contribution is -2.28. The number of aryl methyl sites for hydroxylation is 2. The molecule has 0 radical (unpaired) electrons. The van der Waals surface area contributed by atoms with Gasteiger partial charge < -0.3 is 10.4 Å². The molecule has 1 aromatic carbocycles. The summed E-state index contributed by atoms with van der Waals surface area (Å²) in [6.07, 6.45) is 0. The summed E-state index contributed by atoms with van der Waals surface area (Å²) >= 11 is 0. The molecule has 2 rings (SSSR count). The summed E-state index contributed by atoms with van der Waals surface area (Å²) in [5.41, 5.74) is 2.34. The van der Waals surface area contributed by atoms with E-state index in [0.29, 0.717) is 22.5 Å². The maximum Gasteiger partial charge on any atom is 0.313 e. The zero-order valence-corrected chi connectivity index (χ0v) is 14.0. The number of carboxylic acids is 1. The van der Waals surface area contributed by atoms with Gasteiger partial charge in [-0.3, -0.25) is 14.3 Å². The van der Waals surface area contributed by atoms with Gasteiger partial charge in [-0.25, -0.2) is 0 Å². The molecule has 0 aliphatic rings. The maximum absolute atomic E-state index is 12.4. The first kappa shape index (κ1) is 16.7. The summed E-state index contributed by atoms with van der Waals surface area (Å²) in [6.45, 7) is 6.92. The van der Waals surface area contributed by atoms with Crippen molar-refractivity contribution in [3.8, 4) is 0 Å². The highest BCUT2D eigenvalue weighted by molar-refractivity contribution is 6.05. The third-order valence-electron chi connectivity index (χ3n) is 4.14. The van der Waals surface area contributed by atoms with Crippen LogP contribution in [0.2, 0.25) is 0 Å². The number of nitrogens with one attached hydrogen (secondary N) is 1. The molecule has 6 heteroatoms. The molecule has 1 amide bonds. The van der Waals surface area contributed by atoms with Crippen LogP contribution in [0.3, 0.4) is 0 Å². The van der Waals surface area contributed by atoms with Gasteiger partial charge >= 0.3 is 5.97 Å². The first-order chi connectivity index (χ1) is 10.6. The SMILES string of the molecule is Cc1nn(C)c(C)c1C(=O)Nc1ccc(C(C)(C)C(=O)O)cc1. The predicted octanol–water partition coefficient (Wildman–Crippen LogP) is 2.65. The van der Waals surface area contributed by atoms with Gasteiger partial charge in [-0.05, 0) is 45.4 Å². The third-order valence-corrected chi connectivity index (χ3v) is 4.14. The van der Waals surface area contributed by atoms with Gasteiger partial charge in [0.05, 0.1) is 16.7 Å². The highest BCUT2D eigenvalue weighted by atomic mass is 16.4. The van der Waals surface area contributed by atoms with E-state index in [9.17, 15) is 14.7 Å². The van der Waals surface area contributed by atoms with Crippen molar-refractivity contribution in [2.24, 2.45) is 7.05 Å². The highest BCUT2D eigenvalue weighted by Gasteiger charge is 2.29. The van der Waals surface area contributed by atoms with E-state index in [0.717, 1.165) is 5.69 Å². The number of carbonyl (C=O) groups excluding carboxylic acids is 1. The molecule has 6 nitrogen and oxygen atoms in total. The zero-order valence-electron chi connectivity index (χ0n) is 14.0. The number of aromatic nitrogens is 2. The molecule has 122 valence electrons. The van der Waals surface area contributed by atoms with Gasteiger partial charge in [-0.1, -0.05) is 12.1 Å². The molecule has 1 heterocycles. The fourth-order valence-corrected chi connectivity index (χ4v) is 2.39. The summed E-state index contributed by atoms with van der Waals surface area (Å²) in [4.78, 5) is 23.7. The number of hydrogen-bond donors (Lipinski definition) is 2. The van der Waals surface area contributed by atoms with Crippen LogP contribution in [0, 0.1) is 13.8 Å². The summed E-state index contributed by atoms with van der Waals surface area (Å²) < 4.78 is 1.67. The Balaban J connectivity index is 2.21. The van der Waals surface area contributed by atoms with Gasteiger partial charge in [0.15, 0.2) is 0 Å². The highest BCUT2D eigenvalue weighted by Crippen LogP contribution is 2.25. The molecule has 0 fully saturated rings. The molecule has 0 aliphatic heterocycles. The Bertz CT molecular complexity index is 758. The molecule has 0 saturated heterocycles. The number of hydrogen-bond acceptors (Lipinski definition) is 3. The lowest BCUT2D eigenvalue weighted by atomic mass is 9.85. The van der Waals surface area contributed by atoms with Crippen molar-refractivity contribution in [1.82, 2.24) is 9.78 Å². The van der Waals surface area contributed by atoms with Crippen LogP contribution >= 0.6 is 0 Å². The lowest BCUT2D eigenvalue weighted by Gasteiger charge is -2.19. The molecular weight excluding hydrogens is 294 g/mol. The monoisotopic (exact) mass is 315 g/mol. The van der Waals surface area contributed by atoms with Crippen molar-refractivity contribution in [3.63, 3.8) is 0 Å². The Labute approximate surface area is 135 Å². The van der Waals surface area contributed by atoms with Gasteiger partial charge in [0.2, 0.25) is 0 Å². The fourth-order valence-electron chi connectivity index (χ4n) is 2.39. The Morgan fingerprint density at radius 1 is 1.17 bits per heavy atom. The van der Waals surface area contributed by atoms with E-state index in [1.54, 1.807) is 56.8 Å². The normalized spacial score (nSPS) is 11.3. The molecule has 0 saturated carbocycles. The molecule has 0 unspecified atom stereocenters. The first-order valence-corrected chi connectivity index (χ1v) is 7.30. The minimum atomic E-state index is -0.973. The molecule has 23 heavy (non-hydrogen) atoms. The average Bonchev–Trinajstić information content (AvgIpc) is 2.72. The zero-order chi connectivity index (χ0) is 17.4. The maximum atomic E-state index is 12.4. The van der Waals surface area contributed by atoms with Gasteiger partial charge in [0.25, 0.3) is 5.91 Å². The minimum Gasteiger partial charge on any atom is -0.481 e. The van der Waals surface area contributed by atoms with Crippen molar-refractivity contribution in [1.29, 1.82) is 0 Å². The van der Waals surface area contributed by atoms with Crippen molar-refractivity contribution in [2.45, 2.75) is 33.1 Å². The largest absolute Gasteiger partial charge is 0.481 e. The van der Waals surface area contributed by atoms with Crippen LogP contribution in [0.15, 0.2) is 24.3 Å². The van der Waals surface area contributed by atoms with Crippen molar-refractivity contribution < 1.29 is 14.7 Å². The molecule has 0 atom stereocenters. The van der Waals surface area contributed by atoms with Crippen LogP contribution in [-0.2, 0) is 17.3 Å². The third kappa shape index (κ3) is 3.11. The number of carbonyl (C=O) groups is 2. The van der Waals surface area contributed by atoms with Crippen LogP contribution in [0.4, 0.5) is 5.69 Å². The summed E-state index contributed by atoms with van der Waals surface area (Å²) in [5.74, 6) is -1.12. The van der Waals surface area contributed by atoms with Crippen molar-refractivity contribution in [2.75, 3.05) is 5.32 Å². The van der Waals surface area contributed by atoms with E-state index in [-0.39, 0.29) is 5.91 Å². The number of aliphatic carboxylic acids is 1. The Kier molecular flexibility index (Phi) is 4.27. The Morgan fingerprint density at radius 2 is 1.74 bits per heavy atom. The number of benzene rings is 1. The fraction of sp³-hybridized carbons (Fsp3) is 0.353. The topological polar surface area (TPSA) is 84.2 Å². The molecule has 2 aromatic rings. The standard InChI is InChI=1S/C17H21N3O3/c1-10-14(11(2)20(5)19-10)15(21)18-13-8-6-12(7-9-13)17(3,4)16(22)23/h6-9H,1-5H3,(H,18,21)(H,22,23). The van der Waals surface area contributed by atoms with Gasteiger partial charge in [0.1, 0.15) is 0 Å². The number of carboxylic acid groups (broad SMARTS) is 1. The van der Waals surface area contributed by atoms with E-state index >= 15 is 0 Å². The van der Waals surface area contributed by atoms with Crippen LogP contribution in [0.1, 0.15) is 41.2 Å². The van der Waals surface area contributed by atoms with E-state index in [2.05, 4.69) is 10.4 Å². The van der Waals surface area contributed by atoms with Crippen LogP contribution < -0.4 is 5.32 Å². The smallest absolute Gasteiger partial charge is 0.313 e. The summed E-state index contributed by atoms with van der Waals surface area (Å²) in [7, 11) is 1.79. The van der Waals surface area contributed by atoms with Crippen LogP contribution in [0.25, 0.3) is 0 Å². The molecular formula is C17H21N3O3. The number of rotatable bonds is 4. The second kappa shape index (κ2) is 5.87. The van der Waals surface area contributed by atoms with Gasteiger partial charge in [-0.2, -0.15) is 5.10 Å². The quantitative estimate of drug-likeness (QED) is 0.908. The molecule has 1 aromatic heterocycles. The average molecular weight is 315 g/mol. The number of amides is 1. The van der Waals surface area contributed by atoms with Gasteiger partial charge in [-0.15, -0.1) is 0 Å². The van der Waals surface area contributed by atoms with E-state index in [1.807, 2.05) is 6.92 Å². The second-order valence-corrected chi connectivity index (χ2v) is 6.13. The van der Waals surface area contributed by atoms with Crippen LogP contribution in [0.5, 0.6) is 0 Å².